The van der Waals surface area contributed by atoms with Crippen molar-refractivity contribution in [2.75, 3.05) is 23.8 Å². The fourth-order valence-electron chi connectivity index (χ4n) is 7.84. The number of anilines is 2. The second-order valence-corrected chi connectivity index (χ2v) is 11.3. The van der Waals surface area contributed by atoms with Crippen LogP contribution in [0.4, 0.5) is 11.4 Å². The van der Waals surface area contributed by atoms with Crippen molar-refractivity contribution in [1.29, 1.82) is 0 Å². The third-order valence-electron chi connectivity index (χ3n) is 9.23. The average Bonchev–Trinajstić information content (AvgIpc) is 3.68. The third-order valence-corrected chi connectivity index (χ3v) is 9.64. The van der Waals surface area contributed by atoms with Gasteiger partial charge in [-0.15, -0.1) is 0 Å². The van der Waals surface area contributed by atoms with Crippen LogP contribution in [0.1, 0.15) is 39.9 Å². The molecular weight excluding hydrogens is 526 g/mol. The standard InChI is InChI=1S/C32H28ClN3O4/c1-3-16-40-20-9-6-8-19(17-20)28(37)26-25-12-7-15-36(25)32(22-13-14-23(33)18(2)27(22)35-30(32)39)31(26)21-10-4-5-11-24(21)34-29(31)38/h3-6,8-11,13-14,17,25-26H,1,7,12,15-16H2,2H3,(H,34,38)(H,35,39)/t25-,26+,31-,32+/m1/s1. The first-order valence-electron chi connectivity index (χ1n) is 13.5. The van der Waals surface area contributed by atoms with Crippen molar-refractivity contribution in [2.24, 2.45) is 5.92 Å². The van der Waals surface area contributed by atoms with Gasteiger partial charge in [-0.25, -0.2) is 0 Å². The molecule has 0 radical (unpaired) electrons. The first kappa shape index (κ1) is 25.1. The van der Waals surface area contributed by atoms with Crippen LogP contribution in [0.5, 0.6) is 5.75 Å². The summed E-state index contributed by atoms with van der Waals surface area (Å²) in [7, 11) is 0. The Morgan fingerprint density at radius 1 is 1.10 bits per heavy atom. The molecular formula is C32H28ClN3O4. The molecule has 8 heteroatoms. The van der Waals surface area contributed by atoms with Crippen LogP contribution in [-0.4, -0.2) is 41.7 Å². The molecule has 2 fully saturated rings. The number of Topliss-reactive ketones (excluding diaryl/α,β-unsaturated/α-hetero) is 1. The van der Waals surface area contributed by atoms with Crippen molar-refractivity contribution in [3.8, 4) is 5.75 Å². The number of ether oxygens (including phenoxy) is 1. The topological polar surface area (TPSA) is 87.7 Å². The summed E-state index contributed by atoms with van der Waals surface area (Å²) >= 11 is 6.50. The molecule has 2 N–H and O–H groups in total. The Morgan fingerprint density at radius 2 is 1.93 bits per heavy atom. The van der Waals surface area contributed by atoms with Crippen LogP contribution < -0.4 is 15.4 Å². The third kappa shape index (κ3) is 2.91. The van der Waals surface area contributed by atoms with E-state index in [-0.39, 0.29) is 23.6 Å². The van der Waals surface area contributed by atoms with Crippen LogP contribution in [-0.2, 0) is 20.5 Å². The van der Waals surface area contributed by atoms with Crippen LogP contribution >= 0.6 is 11.6 Å². The number of hydrogen-bond donors (Lipinski definition) is 2. The Bertz CT molecular complexity index is 1640. The summed E-state index contributed by atoms with van der Waals surface area (Å²) in [6.45, 7) is 6.46. The first-order chi connectivity index (χ1) is 19.4. The summed E-state index contributed by atoms with van der Waals surface area (Å²) in [6.07, 6.45) is 3.15. The van der Waals surface area contributed by atoms with Crippen molar-refractivity contribution in [1.82, 2.24) is 4.90 Å². The lowest BCUT2D eigenvalue weighted by Crippen LogP contribution is -2.62. The Morgan fingerprint density at radius 3 is 2.75 bits per heavy atom. The van der Waals surface area contributed by atoms with Gasteiger partial charge in [0.25, 0.3) is 5.91 Å². The van der Waals surface area contributed by atoms with Gasteiger partial charge in [-0.2, -0.15) is 0 Å². The van der Waals surface area contributed by atoms with Gasteiger partial charge in [-0.1, -0.05) is 60.7 Å². The first-order valence-corrected chi connectivity index (χ1v) is 13.9. The zero-order valence-electron chi connectivity index (χ0n) is 22.0. The van der Waals surface area contributed by atoms with E-state index >= 15 is 0 Å². The van der Waals surface area contributed by atoms with Crippen molar-refractivity contribution in [3.05, 3.63) is 101 Å². The van der Waals surface area contributed by atoms with E-state index in [0.29, 0.717) is 58.4 Å². The summed E-state index contributed by atoms with van der Waals surface area (Å²) in [5, 5.41) is 6.69. The van der Waals surface area contributed by atoms with Gasteiger partial charge in [0.05, 0.1) is 11.6 Å². The molecule has 4 heterocycles. The molecule has 4 atom stereocenters. The Balaban J connectivity index is 1.53. The number of hydrogen-bond acceptors (Lipinski definition) is 5. The Kier molecular flexibility index (Phi) is 5.50. The molecule has 0 aliphatic carbocycles. The van der Waals surface area contributed by atoms with Crippen LogP contribution in [0.2, 0.25) is 5.02 Å². The minimum atomic E-state index is -1.50. The van der Waals surface area contributed by atoms with Crippen molar-refractivity contribution in [3.63, 3.8) is 0 Å². The van der Waals surface area contributed by atoms with Gasteiger partial charge in [0.2, 0.25) is 5.91 Å². The van der Waals surface area contributed by atoms with Gasteiger partial charge in [0.15, 0.2) is 5.78 Å². The number of nitrogens with zero attached hydrogens (tertiary/aromatic N) is 1. The molecule has 4 aliphatic rings. The Hall–Kier alpha value is -3.94. The number of nitrogens with one attached hydrogen (secondary N) is 2. The molecule has 7 rings (SSSR count). The summed E-state index contributed by atoms with van der Waals surface area (Å²) in [4.78, 5) is 46.0. The maximum Gasteiger partial charge on any atom is 0.251 e. The highest BCUT2D eigenvalue weighted by molar-refractivity contribution is 6.32. The molecule has 2 saturated heterocycles. The lowest BCUT2D eigenvalue weighted by molar-refractivity contribution is -0.137. The maximum atomic E-state index is 14.8. The number of benzene rings is 3. The van der Waals surface area contributed by atoms with Gasteiger partial charge in [0.1, 0.15) is 23.3 Å². The van der Waals surface area contributed by atoms with Gasteiger partial charge < -0.3 is 15.4 Å². The van der Waals surface area contributed by atoms with E-state index in [9.17, 15) is 14.4 Å². The van der Waals surface area contributed by atoms with E-state index < -0.39 is 16.9 Å². The maximum absolute atomic E-state index is 14.8. The predicted molar refractivity (Wildman–Crippen MR) is 153 cm³/mol. The van der Waals surface area contributed by atoms with E-state index in [0.717, 1.165) is 12.0 Å². The molecule has 2 amide bonds. The van der Waals surface area contributed by atoms with E-state index in [4.69, 9.17) is 16.3 Å². The molecule has 4 aliphatic heterocycles. The van der Waals surface area contributed by atoms with Crippen LogP contribution in [0.25, 0.3) is 0 Å². The van der Waals surface area contributed by atoms with Gasteiger partial charge >= 0.3 is 0 Å². The minimum Gasteiger partial charge on any atom is -0.490 e. The lowest BCUT2D eigenvalue weighted by Gasteiger charge is -2.43. The molecule has 40 heavy (non-hydrogen) atoms. The van der Waals surface area contributed by atoms with Crippen molar-refractivity contribution >= 4 is 40.6 Å². The average molecular weight is 554 g/mol. The van der Waals surface area contributed by atoms with E-state index in [1.165, 1.54) is 0 Å². The highest BCUT2D eigenvalue weighted by Gasteiger charge is 2.81. The second kappa shape index (κ2) is 8.78. The zero-order valence-corrected chi connectivity index (χ0v) is 22.8. The number of amides is 2. The minimum absolute atomic E-state index is 0.184. The quantitative estimate of drug-likeness (QED) is 0.334. The Labute approximate surface area is 237 Å². The summed E-state index contributed by atoms with van der Waals surface area (Å²) < 4.78 is 5.73. The molecule has 2 spiro atoms. The summed E-state index contributed by atoms with van der Waals surface area (Å²) in [6, 6.07) is 17.8. The predicted octanol–water partition coefficient (Wildman–Crippen LogP) is 5.23. The van der Waals surface area contributed by atoms with Crippen LogP contribution in [0.3, 0.4) is 0 Å². The van der Waals surface area contributed by atoms with Gasteiger partial charge in [-0.05, 0) is 61.7 Å². The highest BCUT2D eigenvalue weighted by atomic mass is 35.5. The zero-order chi connectivity index (χ0) is 27.8. The van der Waals surface area contributed by atoms with E-state index in [1.54, 1.807) is 36.4 Å². The SMILES string of the molecule is C=CCOc1cccc(C(=O)[C@@H]2[C@H]3CCCN3[C@@]3(C(=O)Nc4c3ccc(Cl)c4C)[C@@]23C(=O)Nc2ccccc23)c1. The molecule has 0 aromatic heterocycles. The molecule has 202 valence electrons. The van der Waals surface area contributed by atoms with Crippen LogP contribution in [0, 0.1) is 12.8 Å². The molecule has 0 saturated carbocycles. The number of fused-ring (bicyclic) bond motifs is 7. The number of para-hydroxylation sites is 1. The number of ketones is 1. The van der Waals surface area contributed by atoms with Gasteiger partial charge in [0, 0.05) is 27.9 Å². The van der Waals surface area contributed by atoms with E-state index in [2.05, 4.69) is 22.1 Å². The fourth-order valence-corrected chi connectivity index (χ4v) is 8.00. The van der Waals surface area contributed by atoms with Crippen LogP contribution in [0.15, 0.2) is 73.3 Å². The number of carbonyl (C=O) groups is 3. The lowest BCUT2D eigenvalue weighted by atomic mass is 9.57. The smallest absolute Gasteiger partial charge is 0.251 e. The highest BCUT2D eigenvalue weighted by Crippen LogP contribution is 2.68. The number of halogens is 1. The number of carbonyl (C=O) groups excluding carboxylic acids is 3. The summed E-state index contributed by atoms with van der Waals surface area (Å²) in [5.41, 5.74) is 0.862. The summed E-state index contributed by atoms with van der Waals surface area (Å²) in [5.74, 6) is -1.10. The fraction of sp³-hybridized carbons (Fsp3) is 0.281. The second-order valence-electron chi connectivity index (χ2n) is 10.9. The molecule has 3 aromatic carbocycles. The number of rotatable bonds is 5. The monoisotopic (exact) mass is 553 g/mol. The van der Waals surface area contributed by atoms with E-state index in [1.807, 2.05) is 37.3 Å². The van der Waals surface area contributed by atoms with Crippen molar-refractivity contribution < 1.29 is 19.1 Å². The van der Waals surface area contributed by atoms with Crippen molar-refractivity contribution in [2.45, 2.75) is 36.8 Å². The molecule has 7 nitrogen and oxygen atoms in total. The molecule has 0 bridgehead atoms. The van der Waals surface area contributed by atoms with Gasteiger partial charge in [-0.3, -0.25) is 19.3 Å². The molecule has 0 unspecified atom stereocenters. The molecule has 3 aromatic rings. The largest absolute Gasteiger partial charge is 0.490 e. The normalized spacial score (nSPS) is 27.9.